The Morgan fingerprint density at radius 3 is 2.33 bits per heavy atom. The van der Waals surface area contributed by atoms with E-state index in [1.54, 1.807) is 0 Å². The molecule has 0 aromatic heterocycles. The molecule has 1 N–H and O–H groups in total. The van der Waals surface area contributed by atoms with Crippen molar-refractivity contribution in [2.75, 3.05) is 5.75 Å². The largest absolute Gasteiger partial charge is 0.481 e. The summed E-state index contributed by atoms with van der Waals surface area (Å²) in [6.07, 6.45) is -5.44. The molecule has 146 valence electrons. The lowest BCUT2D eigenvalue weighted by Crippen LogP contribution is -2.08. The van der Waals surface area contributed by atoms with Crippen molar-refractivity contribution in [3.63, 3.8) is 0 Å². The summed E-state index contributed by atoms with van der Waals surface area (Å²) in [4.78, 5) is 10.5. The van der Waals surface area contributed by atoms with Crippen molar-refractivity contribution >= 4 is 15.8 Å². The molecule has 0 aliphatic heterocycles. The summed E-state index contributed by atoms with van der Waals surface area (Å²) in [6, 6.07) is 5.06. The number of benzene rings is 2. The fraction of sp³-hybridized carbons (Fsp3) is 0.235. The minimum Gasteiger partial charge on any atom is -0.481 e. The molecule has 0 heterocycles. The number of sulfone groups is 1. The molecule has 2 rings (SSSR count). The van der Waals surface area contributed by atoms with Gasteiger partial charge in [-0.15, -0.1) is 0 Å². The van der Waals surface area contributed by atoms with Crippen LogP contribution in [0.4, 0.5) is 17.6 Å². The van der Waals surface area contributed by atoms with Crippen molar-refractivity contribution < 1.29 is 40.6 Å². The van der Waals surface area contributed by atoms with E-state index in [0.29, 0.717) is 18.2 Å². The van der Waals surface area contributed by atoms with E-state index in [-0.39, 0.29) is 16.2 Å². The van der Waals surface area contributed by atoms with E-state index in [1.807, 2.05) is 0 Å². The third kappa shape index (κ3) is 5.19. The topological polar surface area (TPSA) is 80.7 Å². The normalized spacial score (nSPS) is 12.0. The Kier molecular flexibility index (Phi) is 5.79. The molecule has 2 aromatic rings. The number of carbonyl (C=O) groups is 1. The lowest BCUT2D eigenvalue weighted by molar-refractivity contribution is -0.138. The van der Waals surface area contributed by atoms with Crippen LogP contribution in [0.1, 0.15) is 18.1 Å². The average Bonchev–Trinajstić information content (AvgIpc) is 2.55. The second-order valence-electron chi connectivity index (χ2n) is 5.53. The highest BCUT2D eigenvalue weighted by Gasteiger charge is 2.31. The quantitative estimate of drug-likeness (QED) is 0.732. The maximum Gasteiger partial charge on any atom is 0.416 e. The van der Waals surface area contributed by atoms with Crippen LogP contribution in [0.25, 0.3) is 0 Å². The smallest absolute Gasteiger partial charge is 0.416 e. The van der Waals surface area contributed by atoms with Crippen LogP contribution in [0.3, 0.4) is 0 Å². The predicted octanol–water partition coefficient (Wildman–Crippen LogP) is 4.06. The molecule has 0 bridgehead atoms. The lowest BCUT2D eigenvalue weighted by atomic mass is 10.1. The minimum atomic E-state index is -4.76. The van der Waals surface area contributed by atoms with Crippen LogP contribution < -0.4 is 4.74 Å². The molecule has 0 fully saturated rings. The molecule has 0 saturated heterocycles. The number of hydrogen-bond donors (Lipinski definition) is 1. The van der Waals surface area contributed by atoms with Crippen LogP contribution in [0.5, 0.6) is 11.5 Å². The van der Waals surface area contributed by atoms with Gasteiger partial charge in [-0.25, -0.2) is 12.8 Å². The van der Waals surface area contributed by atoms with Gasteiger partial charge in [0.05, 0.1) is 22.6 Å². The highest BCUT2D eigenvalue weighted by molar-refractivity contribution is 7.91. The summed E-state index contributed by atoms with van der Waals surface area (Å²) in [6.45, 7) is 1.38. The van der Waals surface area contributed by atoms with Gasteiger partial charge in [-0.3, -0.25) is 4.79 Å². The first kappa shape index (κ1) is 20.7. The van der Waals surface area contributed by atoms with Gasteiger partial charge in [0.1, 0.15) is 5.75 Å². The van der Waals surface area contributed by atoms with Gasteiger partial charge in [-0.2, -0.15) is 13.2 Å². The summed E-state index contributed by atoms with van der Waals surface area (Å²) in [5, 5.41) is 8.78. The van der Waals surface area contributed by atoms with Crippen LogP contribution in [0, 0.1) is 5.82 Å². The van der Waals surface area contributed by atoms with Crippen molar-refractivity contribution in [3.05, 3.63) is 53.3 Å². The Hall–Kier alpha value is -2.62. The van der Waals surface area contributed by atoms with Crippen LogP contribution in [-0.2, 0) is 27.2 Å². The summed E-state index contributed by atoms with van der Waals surface area (Å²) in [7, 11) is -3.67. The second kappa shape index (κ2) is 7.55. The Morgan fingerprint density at radius 2 is 1.81 bits per heavy atom. The Bertz CT molecular complexity index is 968. The van der Waals surface area contributed by atoms with Crippen molar-refractivity contribution in [1.29, 1.82) is 0 Å². The van der Waals surface area contributed by atoms with Gasteiger partial charge >= 0.3 is 12.1 Å². The van der Waals surface area contributed by atoms with Crippen LogP contribution in [0.2, 0.25) is 0 Å². The van der Waals surface area contributed by atoms with Crippen molar-refractivity contribution in [1.82, 2.24) is 0 Å². The number of carboxylic acid groups (broad SMARTS) is 1. The molecule has 0 radical (unpaired) electrons. The number of carboxylic acids is 1. The molecular formula is C17H14F4O5S. The van der Waals surface area contributed by atoms with Gasteiger partial charge in [-0.1, -0.05) is 6.92 Å². The predicted molar refractivity (Wildman–Crippen MR) is 87.0 cm³/mol. The fourth-order valence-corrected chi connectivity index (χ4v) is 3.10. The first-order valence-corrected chi connectivity index (χ1v) is 9.20. The zero-order valence-electron chi connectivity index (χ0n) is 13.9. The third-order valence-electron chi connectivity index (χ3n) is 3.52. The monoisotopic (exact) mass is 406 g/mol. The summed E-state index contributed by atoms with van der Waals surface area (Å²) >= 11 is 0. The first-order chi connectivity index (χ1) is 12.4. The molecule has 5 nitrogen and oxygen atoms in total. The fourth-order valence-electron chi connectivity index (χ4n) is 2.21. The number of rotatable bonds is 6. The first-order valence-electron chi connectivity index (χ1n) is 7.55. The molecule has 0 saturated carbocycles. The van der Waals surface area contributed by atoms with E-state index in [4.69, 9.17) is 9.84 Å². The summed E-state index contributed by atoms with van der Waals surface area (Å²) in [5.41, 5.74) is -1.33. The molecular weight excluding hydrogens is 392 g/mol. The van der Waals surface area contributed by atoms with E-state index < -0.39 is 51.3 Å². The molecule has 0 spiro atoms. The van der Waals surface area contributed by atoms with E-state index in [9.17, 15) is 30.8 Å². The molecule has 0 unspecified atom stereocenters. The molecule has 0 aliphatic carbocycles. The Labute approximate surface area is 152 Å². The van der Waals surface area contributed by atoms with Crippen LogP contribution in [0.15, 0.2) is 41.3 Å². The average molecular weight is 406 g/mol. The molecule has 0 amide bonds. The van der Waals surface area contributed by atoms with Crippen molar-refractivity contribution in [3.8, 4) is 11.5 Å². The molecule has 10 heteroatoms. The highest BCUT2D eigenvalue weighted by Crippen LogP contribution is 2.35. The van der Waals surface area contributed by atoms with Crippen LogP contribution >= 0.6 is 0 Å². The Morgan fingerprint density at radius 1 is 1.15 bits per heavy atom. The van der Waals surface area contributed by atoms with Gasteiger partial charge in [-0.05, 0) is 42.0 Å². The second-order valence-corrected chi connectivity index (χ2v) is 7.81. The van der Waals surface area contributed by atoms with Gasteiger partial charge in [0.2, 0.25) is 0 Å². The summed E-state index contributed by atoms with van der Waals surface area (Å²) < 4.78 is 81.7. The van der Waals surface area contributed by atoms with Gasteiger partial charge in [0, 0.05) is 0 Å². The number of halogens is 4. The van der Waals surface area contributed by atoms with E-state index in [2.05, 4.69) is 0 Å². The number of aliphatic carboxylic acids is 1. The Balaban J connectivity index is 2.43. The van der Waals surface area contributed by atoms with Crippen molar-refractivity contribution in [2.24, 2.45) is 0 Å². The van der Waals surface area contributed by atoms with E-state index in [1.165, 1.54) is 6.92 Å². The maximum atomic E-state index is 14.1. The SMILES string of the molecule is CCS(=O)(=O)c1ccc(Oc2cc(CC(=O)O)cc(C(F)(F)F)c2)c(F)c1. The highest BCUT2D eigenvalue weighted by atomic mass is 32.2. The minimum absolute atomic E-state index is 0.182. The van der Waals surface area contributed by atoms with Gasteiger partial charge in [0.25, 0.3) is 0 Å². The zero-order valence-corrected chi connectivity index (χ0v) is 14.7. The van der Waals surface area contributed by atoms with Crippen LogP contribution in [-0.4, -0.2) is 25.2 Å². The number of alkyl halides is 3. The van der Waals surface area contributed by atoms with Gasteiger partial charge in [0.15, 0.2) is 21.4 Å². The molecule has 0 aliphatic rings. The summed E-state index contributed by atoms with van der Waals surface area (Å²) in [5.74, 6) is -3.60. The lowest BCUT2D eigenvalue weighted by Gasteiger charge is -2.13. The molecule has 27 heavy (non-hydrogen) atoms. The number of ether oxygens (including phenoxy) is 1. The van der Waals surface area contributed by atoms with Gasteiger partial charge < -0.3 is 9.84 Å². The van der Waals surface area contributed by atoms with E-state index >= 15 is 0 Å². The zero-order chi connectivity index (χ0) is 20.4. The number of hydrogen-bond acceptors (Lipinski definition) is 4. The standard InChI is InChI=1S/C17H14F4O5S/c1-2-27(24,25)13-3-4-15(14(18)9-13)26-12-6-10(7-16(22)23)5-11(8-12)17(19,20)21/h3-6,8-9H,2,7H2,1H3,(H,22,23). The molecule has 0 atom stereocenters. The maximum absolute atomic E-state index is 14.1. The van der Waals surface area contributed by atoms with E-state index in [0.717, 1.165) is 18.2 Å². The third-order valence-corrected chi connectivity index (χ3v) is 5.25. The molecule has 2 aromatic carbocycles. The van der Waals surface area contributed by atoms with Crippen molar-refractivity contribution in [2.45, 2.75) is 24.4 Å².